The van der Waals surface area contributed by atoms with Gasteiger partial charge in [0.05, 0.1) is 28.7 Å². The van der Waals surface area contributed by atoms with Gasteiger partial charge in [-0.3, -0.25) is 25.7 Å². The van der Waals surface area contributed by atoms with E-state index >= 15 is 0 Å². The number of anilines is 1. The van der Waals surface area contributed by atoms with Crippen LogP contribution in [0.25, 0.3) is 0 Å². The van der Waals surface area contributed by atoms with E-state index in [-0.39, 0.29) is 18.0 Å². The first-order valence-corrected chi connectivity index (χ1v) is 7.68. The molecule has 0 spiro atoms. The van der Waals surface area contributed by atoms with Crippen molar-refractivity contribution in [3.63, 3.8) is 0 Å². The standard InChI is InChI=1S/C17H18N4O5/c1-10-6-11(2)15(9-22)12(3)14(10)8-18-19-16-5-4-13(20(23)24)7-17(16)21(25)26/h4-8,19,22H,9H2,1-3H3/b18-8+. The maximum Gasteiger partial charge on any atom is 0.301 e. The van der Waals surface area contributed by atoms with Gasteiger partial charge in [0.2, 0.25) is 0 Å². The number of hydrazone groups is 1. The Bertz CT molecular complexity index is 909. The molecule has 9 heteroatoms. The first-order chi connectivity index (χ1) is 12.3. The zero-order valence-electron chi connectivity index (χ0n) is 14.5. The minimum absolute atomic E-state index is 0.0432. The van der Waals surface area contributed by atoms with E-state index in [1.807, 2.05) is 26.8 Å². The zero-order valence-corrected chi connectivity index (χ0v) is 14.5. The van der Waals surface area contributed by atoms with Crippen LogP contribution in [0.15, 0.2) is 29.4 Å². The predicted octanol–water partition coefficient (Wildman–Crippen LogP) is 3.37. The molecule has 26 heavy (non-hydrogen) atoms. The summed E-state index contributed by atoms with van der Waals surface area (Å²) in [6, 6.07) is 5.21. The van der Waals surface area contributed by atoms with Gasteiger partial charge in [0, 0.05) is 11.6 Å². The molecule has 2 rings (SSSR count). The normalized spacial score (nSPS) is 10.9. The summed E-state index contributed by atoms with van der Waals surface area (Å²) in [5.74, 6) is 0. The average molecular weight is 358 g/mol. The van der Waals surface area contributed by atoms with E-state index < -0.39 is 15.5 Å². The Morgan fingerprint density at radius 2 is 1.81 bits per heavy atom. The van der Waals surface area contributed by atoms with Crippen molar-refractivity contribution in [2.75, 3.05) is 5.43 Å². The fourth-order valence-corrected chi connectivity index (χ4v) is 2.73. The number of aliphatic hydroxyl groups excluding tert-OH is 1. The molecule has 0 aromatic heterocycles. The lowest BCUT2D eigenvalue weighted by Crippen LogP contribution is -2.03. The number of nitro groups is 2. The molecular formula is C17H18N4O5. The van der Waals surface area contributed by atoms with Crippen molar-refractivity contribution in [3.05, 3.63) is 72.3 Å². The van der Waals surface area contributed by atoms with Crippen LogP contribution in [-0.4, -0.2) is 21.2 Å². The van der Waals surface area contributed by atoms with Gasteiger partial charge in [0.25, 0.3) is 5.69 Å². The lowest BCUT2D eigenvalue weighted by atomic mass is 9.94. The van der Waals surface area contributed by atoms with Gasteiger partial charge in [-0.15, -0.1) is 0 Å². The van der Waals surface area contributed by atoms with E-state index in [2.05, 4.69) is 10.5 Å². The fraction of sp³-hybridized carbons (Fsp3) is 0.235. The molecule has 0 aliphatic carbocycles. The fourth-order valence-electron chi connectivity index (χ4n) is 2.73. The number of rotatable bonds is 6. The number of hydrogen-bond acceptors (Lipinski definition) is 7. The molecular weight excluding hydrogens is 340 g/mol. The number of nitrogens with one attached hydrogen (secondary N) is 1. The van der Waals surface area contributed by atoms with Crippen LogP contribution in [0.5, 0.6) is 0 Å². The van der Waals surface area contributed by atoms with Crippen LogP contribution in [0.3, 0.4) is 0 Å². The highest BCUT2D eigenvalue weighted by atomic mass is 16.6. The van der Waals surface area contributed by atoms with E-state index in [0.29, 0.717) is 0 Å². The van der Waals surface area contributed by atoms with E-state index in [0.717, 1.165) is 39.9 Å². The number of nitrogens with zero attached hydrogens (tertiary/aromatic N) is 3. The Morgan fingerprint density at radius 1 is 1.12 bits per heavy atom. The molecule has 0 saturated carbocycles. The van der Waals surface area contributed by atoms with Crippen LogP contribution in [0.4, 0.5) is 17.1 Å². The molecule has 0 saturated heterocycles. The highest BCUT2D eigenvalue weighted by Gasteiger charge is 2.19. The summed E-state index contributed by atoms with van der Waals surface area (Å²) < 4.78 is 0. The molecule has 0 atom stereocenters. The maximum atomic E-state index is 11.1. The lowest BCUT2D eigenvalue weighted by Gasteiger charge is -2.13. The summed E-state index contributed by atoms with van der Waals surface area (Å²) in [6.07, 6.45) is 1.51. The van der Waals surface area contributed by atoms with Gasteiger partial charge in [0.1, 0.15) is 5.69 Å². The van der Waals surface area contributed by atoms with Gasteiger partial charge in [-0.1, -0.05) is 6.07 Å². The maximum absolute atomic E-state index is 11.1. The smallest absolute Gasteiger partial charge is 0.301 e. The Balaban J connectivity index is 2.35. The van der Waals surface area contributed by atoms with Crippen molar-refractivity contribution in [2.24, 2.45) is 5.10 Å². The Kier molecular flexibility index (Phi) is 5.63. The van der Waals surface area contributed by atoms with Crippen LogP contribution in [0, 0.1) is 41.0 Å². The molecule has 0 bridgehead atoms. The van der Waals surface area contributed by atoms with Crippen molar-refractivity contribution in [1.29, 1.82) is 0 Å². The van der Waals surface area contributed by atoms with Crippen LogP contribution in [-0.2, 0) is 6.61 Å². The Labute approximate surface area is 149 Å². The second-order valence-electron chi connectivity index (χ2n) is 5.77. The van der Waals surface area contributed by atoms with Crippen LogP contribution < -0.4 is 5.43 Å². The predicted molar refractivity (Wildman–Crippen MR) is 97.5 cm³/mol. The van der Waals surface area contributed by atoms with Gasteiger partial charge in [-0.2, -0.15) is 5.10 Å². The van der Waals surface area contributed by atoms with Crippen molar-refractivity contribution in [1.82, 2.24) is 0 Å². The second kappa shape index (κ2) is 7.70. The van der Waals surface area contributed by atoms with Gasteiger partial charge >= 0.3 is 5.69 Å². The van der Waals surface area contributed by atoms with Gasteiger partial charge in [0.15, 0.2) is 0 Å². The molecule has 0 aliphatic heterocycles. The molecule has 0 unspecified atom stereocenters. The molecule has 0 aliphatic rings. The third-order valence-electron chi connectivity index (χ3n) is 4.12. The summed E-state index contributed by atoms with van der Waals surface area (Å²) in [6.45, 7) is 5.57. The Morgan fingerprint density at radius 3 is 2.38 bits per heavy atom. The van der Waals surface area contributed by atoms with Gasteiger partial charge < -0.3 is 5.11 Å². The topological polar surface area (TPSA) is 131 Å². The number of nitro benzene ring substituents is 2. The third kappa shape index (κ3) is 3.83. The summed E-state index contributed by atoms with van der Waals surface area (Å²) in [5.41, 5.74) is 6.17. The zero-order chi connectivity index (χ0) is 19.4. The number of aliphatic hydroxyl groups is 1. The first kappa shape index (κ1) is 19.0. The molecule has 136 valence electrons. The molecule has 2 aromatic rings. The van der Waals surface area contributed by atoms with Crippen LogP contribution in [0.2, 0.25) is 0 Å². The molecule has 9 nitrogen and oxygen atoms in total. The number of aryl methyl sites for hydroxylation is 2. The van der Waals surface area contributed by atoms with Crippen molar-refractivity contribution < 1.29 is 15.0 Å². The van der Waals surface area contributed by atoms with Crippen molar-refractivity contribution in [3.8, 4) is 0 Å². The highest BCUT2D eigenvalue weighted by molar-refractivity contribution is 5.85. The van der Waals surface area contributed by atoms with Crippen molar-refractivity contribution in [2.45, 2.75) is 27.4 Å². The largest absolute Gasteiger partial charge is 0.392 e. The van der Waals surface area contributed by atoms with Crippen molar-refractivity contribution >= 4 is 23.3 Å². The monoisotopic (exact) mass is 358 g/mol. The minimum atomic E-state index is -0.711. The molecule has 0 radical (unpaired) electrons. The Hall–Kier alpha value is -3.33. The summed E-state index contributed by atoms with van der Waals surface area (Å²) in [7, 11) is 0. The van der Waals surface area contributed by atoms with Crippen LogP contribution in [0.1, 0.15) is 27.8 Å². The summed E-state index contributed by atoms with van der Waals surface area (Å²) in [5, 5.41) is 35.4. The van der Waals surface area contributed by atoms with E-state index in [1.54, 1.807) is 0 Å². The van der Waals surface area contributed by atoms with Gasteiger partial charge in [-0.25, -0.2) is 0 Å². The third-order valence-corrected chi connectivity index (χ3v) is 4.12. The molecule has 0 heterocycles. The van der Waals surface area contributed by atoms with E-state index in [9.17, 15) is 25.3 Å². The van der Waals surface area contributed by atoms with E-state index in [1.165, 1.54) is 12.3 Å². The number of hydrogen-bond donors (Lipinski definition) is 2. The highest BCUT2D eigenvalue weighted by Crippen LogP contribution is 2.29. The summed E-state index contributed by atoms with van der Waals surface area (Å²) >= 11 is 0. The van der Waals surface area contributed by atoms with E-state index in [4.69, 9.17) is 0 Å². The lowest BCUT2D eigenvalue weighted by molar-refractivity contribution is -0.393. The first-order valence-electron chi connectivity index (χ1n) is 7.68. The number of benzene rings is 2. The second-order valence-corrected chi connectivity index (χ2v) is 5.77. The molecule has 2 N–H and O–H groups in total. The summed E-state index contributed by atoms with van der Waals surface area (Å²) in [4.78, 5) is 20.5. The quantitative estimate of drug-likeness (QED) is 0.462. The van der Waals surface area contributed by atoms with Crippen LogP contribution >= 0.6 is 0 Å². The van der Waals surface area contributed by atoms with Gasteiger partial charge in [-0.05, 0) is 49.1 Å². The average Bonchev–Trinajstić information content (AvgIpc) is 2.57. The molecule has 0 fully saturated rings. The number of non-ortho nitro benzene ring substituents is 1. The molecule has 2 aromatic carbocycles. The minimum Gasteiger partial charge on any atom is -0.392 e. The molecule has 0 amide bonds. The SMILES string of the molecule is Cc1cc(C)c(CO)c(C)c1/C=N/Nc1ccc([N+](=O)[O-])cc1[N+](=O)[O-].